The first-order chi connectivity index (χ1) is 10.5. The normalized spacial score (nSPS) is 15.4. The molecule has 0 aliphatic carbocycles. The van der Waals surface area contributed by atoms with Crippen LogP contribution in [0.25, 0.3) is 16.6 Å². The molecule has 1 aromatic carbocycles. The number of benzene rings is 1. The fraction of sp³-hybridized carbons (Fsp3) is 0.375. The van der Waals surface area contributed by atoms with E-state index >= 15 is 0 Å². The van der Waals surface area contributed by atoms with Crippen LogP contribution in [-0.4, -0.2) is 52.6 Å². The molecule has 0 fully saturated rings. The van der Waals surface area contributed by atoms with Crippen LogP contribution < -0.4 is 0 Å². The van der Waals surface area contributed by atoms with E-state index in [1.807, 2.05) is 19.1 Å². The Morgan fingerprint density at radius 1 is 1.36 bits per heavy atom. The summed E-state index contributed by atoms with van der Waals surface area (Å²) in [6, 6.07) is 4.06. The van der Waals surface area contributed by atoms with Gasteiger partial charge in [0.1, 0.15) is 17.4 Å². The van der Waals surface area contributed by atoms with Gasteiger partial charge in [-0.2, -0.15) is 0 Å². The molecule has 0 unspecified atom stereocenters. The number of amidine groups is 1. The molecule has 3 rings (SSSR count). The lowest BCUT2D eigenvalue weighted by atomic mass is 10.1. The third-order valence-corrected chi connectivity index (χ3v) is 4.08. The third kappa shape index (κ3) is 2.35. The van der Waals surface area contributed by atoms with Gasteiger partial charge in [-0.1, -0.05) is 0 Å². The number of aromatic nitrogens is 2. The molecule has 1 aliphatic heterocycles. The van der Waals surface area contributed by atoms with Crippen molar-refractivity contribution in [2.75, 3.05) is 26.8 Å². The quantitative estimate of drug-likeness (QED) is 0.809. The van der Waals surface area contributed by atoms with Crippen LogP contribution in [0.2, 0.25) is 0 Å². The molecule has 1 aliphatic rings. The lowest BCUT2D eigenvalue weighted by Crippen LogP contribution is -2.30. The van der Waals surface area contributed by atoms with Gasteiger partial charge in [-0.15, -0.1) is 0 Å². The van der Waals surface area contributed by atoms with Gasteiger partial charge in [0.15, 0.2) is 0 Å². The number of rotatable bonds is 4. The van der Waals surface area contributed by atoms with Crippen LogP contribution in [0.5, 0.6) is 0 Å². The zero-order valence-corrected chi connectivity index (χ0v) is 13.0. The van der Waals surface area contributed by atoms with Gasteiger partial charge in [0.2, 0.25) is 0 Å². The lowest BCUT2D eigenvalue weighted by Gasteiger charge is -2.17. The summed E-state index contributed by atoms with van der Waals surface area (Å²) in [5.41, 5.74) is 4.60. The van der Waals surface area contributed by atoms with Crippen LogP contribution in [-0.2, 0) is 4.74 Å². The number of imidazole rings is 1. The van der Waals surface area contributed by atoms with Crippen LogP contribution in [0.1, 0.15) is 17.0 Å². The average Bonchev–Trinajstić information content (AvgIpc) is 2.98. The molecule has 116 valence electrons. The SMILES string of the molecule is COCCN1CC(O)=C(c2nc3cc(C)c(C)cc3[nH]2)C1=N. The number of nitrogens with zero attached hydrogens (tertiary/aromatic N) is 2. The molecule has 0 radical (unpaired) electrons. The van der Waals surface area contributed by atoms with Crippen molar-refractivity contribution in [3.63, 3.8) is 0 Å². The standard InChI is InChI=1S/C16H20N4O2/c1-9-6-11-12(7-10(9)2)19-16(18-11)14-13(21)8-20(15(14)17)4-5-22-3/h6-7,17,21H,4-5,8H2,1-3H3,(H,18,19). The van der Waals surface area contributed by atoms with Crippen LogP contribution >= 0.6 is 0 Å². The van der Waals surface area contributed by atoms with Crippen molar-refractivity contribution in [3.8, 4) is 0 Å². The highest BCUT2D eigenvalue weighted by atomic mass is 16.5. The van der Waals surface area contributed by atoms with Gasteiger partial charge < -0.3 is 19.7 Å². The summed E-state index contributed by atoms with van der Waals surface area (Å²) in [7, 11) is 1.62. The minimum absolute atomic E-state index is 0.175. The lowest BCUT2D eigenvalue weighted by molar-refractivity contribution is 0.177. The highest BCUT2D eigenvalue weighted by Gasteiger charge is 2.30. The van der Waals surface area contributed by atoms with Crippen molar-refractivity contribution < 1.29 is 9.84 Å². The molecule has 0 saturated heterocycles. The Bertz CT molecular complexity index is 737. The van der Waals surface area contributed by atoms with Gasteiger partial charge in [-0.05, 0) is 37.1 Å². The Morgan fingerprint density at radius 3 is 2.82 bits per heavy atom. The molecule has 2 heterocycles. The van der Waals surface area contributed by atoms with Gasteiger partial charge in [-0.25, -0.2) is 4.98 Å². The number of aliphatic hydroxyl groups excluding tert-OH is 1. The monoisotopic (exact) mass is 300 g/mol. The second-order valence-corrected chi connectivity index (χ2v) is 5.62. The van der Waals surface area contributed by atoms with Crippen molar-refractivity contribution in [1.82, 2.24) is 14.9 Å². The molecular weight excluding hydrogens is 280 g/mol. The summed E-state index contributed by atoms with van der Waals surface area (Å²) in [5, 5.41) is 18.5. The first-order valence-electron chi connectivity index (χ1n) is 7.23. The molecule has 6 nitrogen and oxygen atoms in total. The van der Waals surface area contributed by atoms with E-state index in [0.29, 0.717) is 31.1 Å². The number of ether oxygens (including phenoxy) is 1. The number of fused-ring (bicyclic) bond motifs is 1. The van der Waals surface area contributed by atoms with Crippen LogP contribution in [0.3, 0.4) is 0 Å². The van der Waals surface area contributed by atoms with Crippen molar-refractivity contribution in [3.05, 3.63) is 34.8 Å². The number of aliphatic hydroxyl groups is 1. The van der Waals surface area contributed by atoms with Crippen LogP contribution in [0, 0.1) is 19.3 Å². The summed E-state index contributed by atoms with van der Waals surface area (Å²) in [6.45, 7) is 5.51. The Balaban J connectivity index is 1.97. The fourth-order valence-corrected chi connectivity index (χ4v) is 2.66. The van der Waals surface area contributed by atoms with E-state index in [4.69, 9.17) is 10.1 Å². The minimum atomic E-state index is 0.175. The van der Waals surface area contributed by atoms with E-state index < -0.39 is 0 Å². The zero-order chi connectivity index (χ0) is 15.9. The number of H-pyrrole nitrogens is 1. The second-order valence-electron chi connectivity index (χ2n) is 5.62. The molecule has 0 atom stereocenters. The van der Waals surface area contributed by atoms with E-state index in [9.17, 15) is 5.11 Å². The maximum atomic E-state index is 10.2. The Labute approximate surface area is 128 Å². The van der Waals surface area contributed by atoms with Crippen molar-refractivity contribution in [1.29, 1.82) is 5.41 Å². The zero-order valence-electron chi connectivity index (χ0n) is 13.0. The number of methoxy groups -OCH3 is 1. The first kappa shape index (κ1) is 14.6. The van der Waals surface area contributed by atoms with E-state index in [-0.39, 0.29) is 11.6 Å². The molecular formula is C16H20N4O2. The Morgan fingerprint density at radius 2 is 2.09 bits per heavy atom. The van der Waals surface area contributed by atoms with E-state index in [2.05, 4.69) is 16.9 Å². The van der Waals surface area contributed by atoms with Gasteiger partial charge in [0.05, 0.1) is 29.8 Å². The van der Waals surface area contributed by atoms with Gasteiger partial charge in [0, 0.05) is 13.7 Å². The third-order valence-electron chi connectivity index (χ3n) is 4.08. The highest BCUT2D eigenvalue weighted by molar-refractivity contribution is 6.23. The smallest absolute Gasteiger partial charge is 0.145 e. The predicted octanol–water partition coefficient (Wildman–Crippen LogP) is 2.39. The molecule has 0 amide bonds. The van der Waals surface area contributed by atoms with Gasteiger partial charge in [-0.3, -0.25) is 5.41 Å². The highest BCUT2D eigenvalue weighted by Crippen LogP contribution is 2.27. The largest absolute Gasteiger partial charge is 0.510 e. The second kappa shape index (κ2) is 5.46. The van der Waals surface area contributed by atoms with E-state index in [0.717, 1.165) is 11.0 Å². The summed E-state index contributed by atoms with van der Waals surface area (Å²) in [6.07, 6.45) is 0. The molecule has 0 spiro atoms. The number of nitrogens with one attached hydrogen (secondary N) is 2. The number of hydrogen-bond acceptors (Lipinski definition) is 4. The van der Waals surface area contributed by atoms with Gasteiger partial charge >= 0.3 is 0 Å². The minimum Gasteiger partial charge on any atom is -0.510 e. The molecule has 0 saturated carbocycles. The Hall–Kier alpha value is -2.34. The maximum absolute atomic E-state index is 10.2. The average molecular weight is 300 g/mol. The van der Waals surface area contributed by atoms with Gasteiger partial charge in [0.25, 0.3) is 0 Å². The molecule has 3 N–H and O–H groups in total. The molecule has 22 heavy (non-hydrogen) atoms. The van der Waals surface area contributed by atoms with Crippen molar-refractivity contribution >= 4 is 22.4 Å². The van der Waals surface area contributed by atoms with E-state index in [1.54, 1.807) is 12.0 Å². The molecule has 2 aromatic rings. The topological polar surface area (TPSA) is 85.2 Å². The summed E-state index contributed by atoms with van der Waals surface area (Å²) in [5.74, 6) is 0.998. The first-order valence-corrected chi connectivity index (χ1v) is 7.23. The fourth-order valence-electron chi connectivity index (χ4n) is 2.66. The summed E-state index contributed by atoms with van der Waals surface area (Å²) < 4.78 is 5.04. The summed E-state index contributed by atoms with van der Waals surface area (Å²) in [4.78, 5) is 9.53. The summed E-state index contributed by atoms with van der Waals surface area (Å²) >= 11 is 0. The van der Waals surface area contributed by atoms with E-state index in [1.165, 1.54) is 11.1 Å². The molecule has 1 aromatic heterocycles. The maximum Gasteiger partial charge on any atom is 0.145 e. The van der Waals surface area contributed by atoms with Crippen LogP contribution in [0.4, 0.5) is 0 Å². The molecule has 6 heteroatoms. The number of aromatic amines is 1. The number of aryl methyl sites for hydroxylation is 2. The predicted molar refractivity (Wildman–Crippen MR) is 86.3 cm³/mol. The van der Waals surface area contributed by atoms with Crippen molar-refractivity contribution in [2.24, 2.45) is 0 Å². The van der Waals surface area contributed by atoms with Crippen LogP contribution in [0.15, 0.2) is 17.9 Å². The Kier molecular flexibility index (Phi) is 3.62. The van der Waals surface area contributed by atoms with Crippen molar-refractivity contribution in [2.45, 2.75) is 13.8 Å². The number of hydrogen-bond donors (Lipinski definition) is 3. The molecule has 0 bridgehead atoms.